The zero-order chi connectivity index (χ0) is 51.3. The maximum Gasteiger partial charge on any atom is 0.311 e. The van der Waals surface area contributed by atoms with E-state index in [2.05, 4.69) is 49.8 Å². The van der Waals surface area contributed by atoms with Gasteiger partial charge >= 0.3 is 5.97 Å². The molecule has 4 rings (SSSR count). The summed E-state index contributed by atoms with van der Waals surface area (Å²) in [6.07, 6.45) is 0.407. The maximum absolute atomic E-state index is 13.6. The number of aliphatic hydroxyl groups is 4. The van der Waals surface area contributed by atoms with Crippen molar-refractivity contribution in [3.05, 3.63) is 29.8 Å². The number of ether oxygens (including phenoxy) is 5. The number of halogens is 1. The van der Waals surface area contributed by atoms with Crippen LogP contribution < -0.4 is 11.1 Å². The van der Waals surface area contributed by atoms with Crippen LogP contribution in [-0.2, 0) is 39.7 Å². The predicted molar refractivity (Wildman–Crippen MR) is 262 cm³/mol. The molecular formula is C51H90FN5O11. The van der Waals surface area contributed by atoms with Gasteiger partial charge in [0.15, 0.2) is 12.6 Å². The van der Waals surface area contributed by atoms with Gasteiger partial charge in [0.05, 0.1) is 47.9 Å². The largest absolute Gasteiger partial charge is 0.459 e. The number of benzene rings is 1. The molecule has 68 heavy (non-hydrogen) atoms. The number of carbonyl (C=O) groups is 2. The van der Waals surface area contributed by atoms with Gasteiger partial charge in [0.2, 0.25) is 5.91 Å². The predicted octanol–water partition coefficient (Wildman–Crippen LogP) is 5.26. The number of esters is 1. The van der Waals surface area contributed by atoms with Gasteiger partial charge in [-0.15, -0.1) is 0 Å². The molecule has 0 radical (unpaired) electrons. The molecule has 16 nitrogen and oxygen atoms in total. The minimum atomic E-state index is -1.62. The zero-order valence-corrected chi connectivity index (χ0v) is 43.7. The number of aliphatic hydroxyl groups excluding tert-OH is 3. The van der Waals surface area contributed by atoms with E-state index in [0.717, 1.165) is 31.4 Å². The van der Waals surface area contributed by atoms with Gasteiger partial charge in [0, 0.05) is 51.5 Å². The van der Waals surface area contributed by atoms with Crippen molar-refractivity contribution in [1.82, 2.24) is 15.1 Å². The van der Waals surface area contributed by atoms with E-state index in [9.17, 15) is 34.4 Å². The Morgan fingerprint density at radius 2 is 1.68 bits per heavy atom. The van der Waals surface area contributed by atoms with Crippen molar-refractivity contribution in [3.8, 4) is 0 Å². The molecule has 3 heterocycles. The summed E-state index contributed by atoms with van der Waals surface area (Å²) < 4.78 is 43.2. The summed E-state index contributed by atoms with van der Waals surface area (Å²) in [5.41, 5.74) is 4.84. The Bertz CT molecular complexity index is 1710. The first-order valence-electron chi connectivity index (χ1n) is 24.8. The number of aliphatic imine (C=N–C) groups is 1. The molecule has 17 heteroatoms. The van der Waals surface area contributed by atoms with Crippen molar-refractivity contribution in [2.24, 2.45) is 33.9 Å². The van der Waals surface area contributed by atoms with Crippen LogP contribution in [0.5, 0.6) is 0 Å². The second-order valence-corrected chi connectivity index (χ2v) is 21.6. The molecular weight excluding hydrogens is 878 g/mol. The quantitative estimate of drug-likeness (QED) is 0.0845. The summed E-state index contributed by atoms with van der Waals surface area (Å²) in [5.74, 6) is -0.901. The molecule has 0 aliphatic carbocycles. The lowest BCUT2D eigenvalue weighted by atomic mass is 9.74. The molecule has 16 atom stereocenters. The second-order valence-electron chi connectivity index (χ2n) is 21.6. The molecule has 3 unspecified atom stereocenters. The summed E-state index contributed by atoms with van der Waals surface area (Å²) in [7, 11) is 5.48. The lowest BCUT2D eigenvalue weighted by Gasteiger charge is -2.43. The van der Waals surface area contributed by atoms with E-state index in [4.69, 9.17) is 29.4 Å². The van der Waals surface area contributed by atoms with Crippen LogP contribution in [0.1, 0.15) is 127 Å². The Labute approximate surface area is 406 Å². The molecule has 3 aliphatic rings. The summed E-state index contributed by atoms with van der Waals surface area (Å²) in [5, 5.41) is 45.3. The third-order valence-electron chi connectivity index (χ3n) is 14.4. The van der Waals surface area contributed by atoms with Crippen molar-refractivity contribution < 1.29 is 58.1 Å². The topological polar surface area (TPSA) is 218 Å². The van der Waals surface area contributed by atoms with Crippen molar-refractivity contribution in [2.75, 3.05) is 41.0 Å². The Balaban J connectivity index is 0.000000376. The number of carbonyl (C=O) groups excluding carboxylic acids is 2. The average Bonchev–Trinajstić information content (AvgIpc) is 3.26. The molecule has 1 aromatic carbocycles. The highest BCUT2D eigenvalue weighted by Crippen LogP contribution is 2.40. The number of rotatable bonds is 13. The van der Waals surface area contributed by atoms with E-state index in [1.807, 2.05) is 58.7 Å². The first-order valence-corrected chi connectivity index (χ1v) is 24.8. The van der Waals surface area contributed by atoms with Gasteiger partial charge in [-0.1, -0.05) is 46.8 Å². The average molecular weight is 968 g/mol. The SMILES string of the molecule is CC[C@H]1OC(=O)[C@H](C)[C@@H](O[C@H]2C[C@@](C)(OC)C[C@H](C)O2)[C@H](C)CC(C)(C)C[C@@H](C)CN(C)[C@H](C)C(O)[C@]1(C)O.C[C@@H]1C[C@H](N(C)CCC(=O)NC(CF)Cc2ccc(N=CN)cc2)C(O)[C@H](O)O1. The first-order chi connectivity index (χ1) is 31.7. The maximum atomic E-state index is 13.6. The van der Waals surface area contributed by atoms with Gasteiger partial charge in [-0.25, -0.2) is 9.38 Å². The van der Waals surface area contributed by atoms with E-state index >= 15 is 0 Å². The molecule has 3 fully saturated rings. The van der Waals surface area contributed by atoms with E-state index in [-0.39, 0.29) is 53.6 Å². The van der Waals surface area contributed by atoms with Gasteiger partial charge in [-0.3, -0.25) is 9.59 Å². The number of hydrogen-bond acceptors (Lipinski definition) is 14. The van der Waals surface area contributed by atoms with Crippen LogP contribution in [0, 0.1) is 23.2 Å². The van der Waals surface area contributed by atoms with Crippen molar-refractivity contribution >= 4 is 23.9 Å². The van der Waals surface area contributed by atoms with Crippen molar-refractivity contribution in [1.29, 1.82) is 0 Å². The number of hydrogen-bond donors (Lipinski definition) is 6. The van der Waals surface area contributed by atoms with Gasteiger partial charge in [0.25, 0.3) is 0 Å². The first kappa shape index (κ1) is 59.5. The minimum absolute atomic E-state index is 0.00779. The monoisotopic (exact) mass is 968 g/mol. The van der Waals surface area contributed by atoms with E-state index in [1.54, 1.807) is 33.2 Å². The number of likely N-dealkylation sites (N-methyl/N-ethyl adjacent to an activating group) is 2. The Morgan fingerprint density at radius 1 is 1.03 bits per heavy atom. The smallest absolute Gasteiger partial charge is 0.311 e. The normalized spacial score (nSPS) is 37.3. The number of nitrogens with zero attached hydrogens (tertiary/aromatic N) is 3. The van der Waals surface area contributed by atoms with Crippen LogP contribution >= 0.6 is 0 Å². The van der Waals surface area contributed by atoms with Gasteiger partial charge in [0.1, 0.15) is 30.6 Å². The minimum Gasteiger partial charge on any atom is -0.459 e. The third-order valence-corrected chi connectivity index (χ3v) is 14.4. The van der Waals surface area contributed by atoms with Gasteiger partial charge < -0.3 is 65.0 Å². The highest BCUT2D eigenvalue weighted by molar-refractivity contribution is 5.76. The summed E-state index contributed by atoms with van der Waals surface area (Å²) in [4.78, 5) is 33.8. The van der Waals surface area contributed by atoms with Crippen LogP contribution in [0.3, 0.4) is 0 Å². The molecule has 3 aliphatic heterocycles. The van der Waals surface area contributed by atoms with Crippen LogP contribution in [0.15, 0.2) is 29.3 Å². The summed E-state index contributed by atoms with van der Waals surface area (Å²) in [6.45, 7) is 22.5. The molecule has 0 bridgehead atoms. The lowest BCUT2D eigenvalue weighted by molar-refractivity contribution is -0.265. The molecule has 0 saturated carbocycles. The van der Waals surface area contributed by atoms with E-state index < -0.39 is 67.2 Å². The number of methoxy groups -OCH3 is 1. The lowest BCUT2D eigenvalue weighted by Crippen LogP contribution is -2.59. The number of alkyl halides is 1. The molecule has 392 valence electrons. The van der Waals surface area contributed by atoms with E-state index in [0.29, 0.717) is 43.8 Å². The highest BCUT2D eigenvalue weighted by atomic mass is 19.1. The number of nitrogens with two attached hydrogens (primary N) is 1. The molecule has 1 aromatic rings. The van der Waals surface area contributed by atoms with Crippen LogP contribution in [-0.4, -0.2) is 168 Å². The highest BCUT2D eigenvalue weighted by Gasteiger charge is 2.47. The van der Waals surface area contributed by atoms with Crippen molar-refractivity contribution in [2.45, 2.75) is 206 Å². The zero-order valence-electron chi connectivity index (χ0n) is 43.7. The summed E-state index contributed by atoms with van der Waals surface area (Å²) >= 11 is 0. The number of nitrogens with one attached hydrogen (secondary N) is 1. The molecule has 3 saturated heterocycles. The van der Waals surface area contributed by atoms with Crippen LogP contribution in [0.25, 0.3) is 0 Å². The standard InChI is InChI=1S/C31H59NO7.C20H31FN4O4/c1-13-24-31(10,35)27(33)23(6)32(11)18-19(2)14-29(7,8)15-20(3)26(22(5)28(34)38-24)39-25-17-30(9,36-12)16-21(4)37-25;1-13-9-17(19(27)20(28)29-13)25(2)8-7-18(26)24-16(11-21)10-14-3-5-15(6-4-14)23-12-22/h19-27,33,35H,13-18H2,1-12H3;3-6,12-13,16-17,19-20,27-28H,7-11H2,1-2H3,(H2,22,23)(H,24,26)/t19-,20-,21+,22-,23-,24-,25+,26+,27?,30+,31-;13-,16?,17+,19?,20-/m11/s1. The fraction of sp³-hybridized carbons (Fsp3) is 0.824. The fourth-order valence-corrected chi connectivity index (χ4v) is 10.7. The number of amides is 1. The van der Waals surface area contributed by atoms with Crippen LogP contribution in [0.2, 0.25) is 0 Å². The van der Waals surface area contributed by atoms with Gasteiger partial charge in [-0.2, -0.15) is 0 Å². The second kappa shape index (κ2) is 26.6. The molecule has 1 amide bonds. The number of cyclic esters (lactones) is 1. The molecule has 0 spiro atoms. The van der Waals surface area contributed by atoms with E-state index in [1.165, 1.54) is 6.34 Å². The fourth-order valence-electron chi connectivity index (χ4n) is 10.7. The van der Waals surface area contributed by atoms with Gasteiger partial charge in [-0.05, 0) is 123 Å². The third kappa shape index (κ3) is 17.5. The Kier molecular flexibility index (Phi) is 23.2. The molecule has 7 N–H and O–H groups in total. The Morgan fingerprint density at radius 3 is 2.26 bits per heavy atom. The molecule has 0 aromatic heterocycles. The Hall–Kier alpha value is -2.84. The van der Waals surface area contributed by atoms with Crippen molar-refractivity contribution in [3.63, 3.8) is 0 Å². The summed E-state index contributed by atoms with van der Waals surface area (Å²) in [6, 6.07) is 5.95. The van der Waals surface area contributed by atoms with Crippen LogP contribution in [0.4, 0.5) is 10.1 Å².